The predicted molar refractivity (Wildman–Crippen MR) is 95.0 cm³/mol. The van der Waals surface area contributed by atoms with Crippen molar-refractivity contribution in [3.05, 3.63) is 76.1 Å². The maximum absolute atomic E-state index is 13.4. The summed E-state index contributed by atoms with van der Waals surface area (Å²) in [5.74, 6) is -0.752. The summed E-state index contributed by atoms with van der Waals surface area (Å²) >= 11 is 0. The fourth-order valence-corrected chi connectivity index (χ4v) is 2.52. The number of amides is 1. The van der Waals surface area contributed by atoms with Crippen molar-refractivity contribution in [1.29, 1.82) is 0 Å². The van der Waals surface area contributed by atoms with Crippen molar-refractivity contribution >= 4 is 11.6 Å². The van der Waals surface area contributed by atoms with Crippen LogP contribution in [0.5, 0.6) is 5.75 Å². The van der Waals surface area contributed by atoms with Crippen molar-refractivity contribution in [1.82, 2.24) is 14.7 Å². The summed E-state index contributed by atoms with van der Waals surface area (Å²) in [6.07, 6.45) is 3.34. The molecule has 0 aliphatic heterocycles. The quantitative estimate of drug-likeness (QED) is 0.689. The summed E-state index contributed by atoms with van der Waals surface area (Å²) in [5, 5.41) is 2.65. The zero-order valence-electron chi connectivity index (χ0n) is 14.2. The molecule has 2 heterocycles. The number of ether oxygens (including phenoxy) is 1. The molecule has 1 N–H and O–H groups in total. The lowest BCUT2D eigenvalue weighted by molar-refractivity contribution is 0.0949. The van der Waals surface area contributed by atoms with E-state index in [0.29, 0.717) is 18.6 Å². The van der Waals surface area contributed by atoms with E-state index in [4.69, 9.17) is 4.74 Å². The van der Waals surface area contributed by atoms with E-state index in [2.05, 4.69) is 10.3 Å². The van der Waals surface area contributed by atoms with Crippen LogP contribution in [0, 0.1) is 12.7 Å². The van der Waals surface area contributed by atoms with Gasteiger partial charge in [-0.05, 0) is 37.1 Å². The number of hydrogen-bond acceptors (Lipinski definition) is 4. The molecule has 0 saturated heterocycles. The summed E-state index contributed by atoms with van der Waals surface area (Å²) in [6, 6.07) is 9.70. The second kappa shape index (κ2) is 7.77. The number of aryl methyl sites for hydroxylation is 1. The number of nitrogens with one attached hydrogen (secondary N) is 1. The Hall–Kier alpha value is -3.22. The zero-order valence-corrected chi connectivity index (χ0v) is 14.2. The van der Waals surface area contributed by atoms with E-state index in [9.17, 15) is 14.0 Å². The highest BCUT2D eigenvalue weighted by Gasteiger charge is 2.13. The smallest absolute Gasteiger partial charge is 0.270 e. The van der Waals surface area contributed by atoms with Crippen LogP contribution in [0.25, 0.3) is 5.65 Å². The van der Waals surface area contributed by atoms with E-state index >= 15 is 0 Å². The van der Waals surface area contributed by atoms with Gasteiger partial charge in [0, 0.05) is 18.9 Å². The van der Waals surface area contributed by atoms with Gasteiger partial charge in [0.1, 0.15) is 11.2 Å². The molecule has 6 nitrogen and oxygen atoms in total. The van der Waals surface area contributed by atoms with Gasteiger partial charge in [-0.1, -0.05) is 18.2 Å². The van der Waals surface area contributed by atoms with Crippen molar-refractivity contribution in [2.45, 2.75) is 13.3 Å². The number of aromatic nitrogens is 2. The van der Waals surface area contributed by atoms with Gasteiger partial charge in [0.15, 0.2) is 11.6 Å². The predicted octanol–water partition coefficient (Wildman–Crippen LogP) is 2.34. The van der Waals surface area contributed by atoms with Crippen LogP contribution in [0.3, 0.4) is 0 Å². The Bertz CT molecular complexity index is 1000. The minimum atomic E-state index is -0.496. The molecule has 3 rings (SSSR count). The van der Waals surface area contributed by atoms with Crippen LogP contribution < -0.4 is 15.6 Å². The Morgan fingerprint density at radius 2 is 2.08 bits per heavy atom. The molecule has 0 spiro atoms. The van der Waals surface area contributed by atoms with Crippen LogP contribution in [0.15, 0.2) is 53.6 Å². The lowest BCUT2D eigenvalue weighted by Gasteiger charge is -2.09. The molecule has 2 aromatic heterocycles. The number of carbonyl (C=O) groups is 1. The van der Waals surface area contributed by atoms with Crippen LogP contribution in [0.4, 0.5) is 4.39 Å². The van der Waals surface area contributed by atoms with E-state index in [1.807, 2.05) is 13.0 Å². The van der Waals surface area contributed by atoms with Crippen LogP contribution in [-0.4, -0.2) is 28.4 Å². The highest BCUT2D eigenvalue weighted by molar-refractivity contribution is 5.93. The van der Waals surface area contributed by atoms with Gasteiger partial charge in [0.2, 0.25) is 0 Å². The van der Waals surface area contributed by atoms with Crippen molar-refractivity contribution in [3.8, 4) is 5.75 Å². The lowest BCUT2D eigenvalue weighted by Crippen LogP contribution is -2.32. The fraction of sp³-hybridized carbons (Fsp3) is 0.211. The molecule has 1 amide bonds. The number of hydrogen-bond donors (Lipinski definition) is 1. The third-order valence-corrected chi connectivity index (χ3v) is 3.87. The average molecular weight is 355 g/mol. The highest BCUT2D eigenvalue weighted by atomic mass is 19.1. The fourth-order valence-electron chi connectivity index (χ4n) is 2.52. The van der Waals surface area contributed by atoms with Gasteiger partial charge in [-0.2, -0.15) is 0 Å². The number of pyridine rings is 1. The Balaban J connectivity index is 1.57. The number of fused-ring (bicyclic) bond motifs is 1. The normalized spacial score (nSPS) is 10.7. The first-order chi connectivity index (χ1) is 12.6. The largest absolute Gasteiger partial charge is 0.490 e. The molecule has 0 aliphatic rings. The van der Waals surface area contributed by atoms with Gasteiger partial charge in [0.25, 0.3) is 11.5 Å². The van der Waals surface area contributed by atoms with Crippen molar-refractivity contribution in [3.63, 3.8) is 0 Å². The molecule has 0 unspecified atom stereocenters. The Morgan fingerprint density at radius 1 is 1.27 bits per heavy atom. The van der Waals surface area contributed by atoms with E-state index < -0.39 is 17.3 Å². The lowest BCUT2D eigenvalue weighted by atomic mass is 10.2. The standard InChI is InChI=1S/C19H18FN3O3/c1-13-6-4-10-23-17(13)22-12-14(19(23)25)18(24)21-9-5-11-26-16-8-3-2-7-15(16)20/h2-4,6-8,10,12H,5,9,11H2,1H3,(H,21,24). The number of para-hydroxylation sites is 1. The molecule has 134 valence electrons. The first kappa shape index (κ1) is 17.6. The Labute approximate surface area is 149 Å². The summed E-state index contributed by atoms with van der Waals surface area (Å²) in [7, 11) is 0. The minimum Gasteiger partial charge on any atom is -0.490 e. The first-order valence-corrected chi connectivity index (χ1v) is 8.20. The van der Waals surface area contributed by atoms with Crippen LogP contribution in [-0.2, 0) is 0 Å². The molecular formula is C19H18FN3O3. The third-order valence-electron chi connectivity index (χ3n) is 3.87. The zero-order chi connectivity index (χ0) is 18.5. The molecule has 0 fully saturated rings. The van der Waals surface area contributed by atoms with Gasteiger partial charge < -0.3 is 10.1 Å². The number of rotatable bonds is 6. The molecule has 3 aromatic rings. The first-order valence-electron chi connectivity index (χ1n) is 8.20. The van der Waals surface area contributed by atoms with E-state index in [1.165, 1.54) is 22.7 Å². The molecular weight excluding hydrogens is 337 g/mol. The second-order valence-electron chi connectivity index (χ2n) is 5.75. The third kappa shape index (κ3) is 3.72. The molecule has 26 heavy (non-hydrogen) atoms. The van der Waals surface area contributed by atoms with Crippen LogP contribution in [0.2, 0.25) is 0 Å². The monoisotopic (exact) mass is 355 g/mol. The van der Waals surface area contributed by atoms with Gasteiger partial charge in [-0.3, -0.25) is 14.0 Å². The topological polar surface area (TPSA) is 72.7 Å². The summed E-state index contributed by atoms with van der Waals surface area (Å²) in [6.45, 7) is 2.38. The van der Waals surface area contributed by atoms with Gasteiger partial charge in [-0.25, -0.2) is 9.37 Å². The van der Waals surface area contributed by atoms with Crippen LogP contribution >= 0.6 is 0 Å². The summed E-state index contributed by atoms with van der Waals surface area (Å²) in [5.41, 5.74) is 0.927. The van der Waals surface area contributed by atoms with E-state index in [1.54, 1.807) is 24.4 Å². The minimum absolute atomic E-state index is 0.0249. The Morgan fingerprint density at radius 3 is 2.88 bits per heavy atom. The molecule has 1 aromatic carbocycles. The van der Waals surface area contributed by atoms with Gasteiger partial charge >= 0.3 is 0 Å². The molecule has 0 atom stereocenters. The summed E-state index contributed by atoms with van der Waals surface area (Å²) < 4.78 is 20.1. The molecule has 0 saturated carbocycles. The number of nitrogens with zero attached hydrogens (tertiary/aromatic N) is 2. The second-order valence-corrected chi connectivity index (χ2v) is 5.75. The average Bonchev–Trinajstić information content (AvgIpc) is 2.64. The van der Waals surface area contributed by atoms with Gasteiger partial charge in [0.05, 0.1) is 6.61 Å². The Kier molecular flexibility index (Phi) is 5.26. The number of carbonyl (C=O) groups excluding carboxylic acids is 1. The maximum Gasteiger partial charge on any atom is 0.270 e. The SMILES string of the molecule is Cc1cccn2c(=O)c(C(=O)NCCCOc3ccccc3F)cnc12. The van der Waals surface area contributed by atoms with Crippen molar-refractivity contribution in [2.75, 3.05) is 13.2 Å². The molecule has 0 radical (unpaired) electrons. The number of halogens is 1. The van der Waals surface area contributed by atoms with E-state index in [-0.39, 0.29) is 17.9 Å². The molecule has 0 aliphatic carbocycles. The van der Waals surface area contributed by atoms with Gasteiger partial charge in [-0.15, -0.1) is 0 Å². The molecule has 0 bridgehead atoms. The van der Waals surface area contributed by atoms with E-state index in [0.717, 1.165) is 5.56 Å². The molecule has 7 heteroatoms. The summed E-state index contributed by atoms with van der Waals surface area (Å²) in [4.78, 5) is 28.8. The van der Waals surface area contributed by atoms with Crippen LogP contribution in [0.1, 0.15) is 22.3 Å². The number of benzene rings is 1. The van der Waals surface area contributed by atoms with Crippen molar-refractivity contribution in [2.24, 2.45) is 0 Å². The highest BCUT2D eigenvalue weighted by Crippen LogP contribution is 2.15. The van der Waals surface area contributed by atoms with Crippen molar-refractivity contribution < 1.29 is 13.9 Å². The maximum atomic E-state index is 13.4.